The first-order chi connectivity index (χ1) is 7.34. The third-order valence-corrected chi connectivity index (χ3v) is 1.91. The van der Waals surface area contributed by atoms with Gasteiger partial charge in [0.2, 0.25) is 0 Å². The topological polar surface area (TPSA) is 9.23 Å². The molecule has 0 aromatic heterocycles. The van der Waals surface area contributed by atoms with Crippen LogP contribution in [0.4, 0.5) is 0 Å². The molecule has 0 amide bonds. The molecule has 0 fully saturated rings. The van der Waals surface area contributed by atoms with Crippen LogP contribution in [0, 0.1) is 0 Å². The molecule has 1 aromatic rings. The van der Waals surface area contributed by atoms with Gasteiger partial charge in [0, 0.05) is 0 Å². The van der Waals surface area contributed by atoms with Crippen molar-refractivity contribution in [3.63, 3.8) is 0 Å². The van der Waals surface area contributed by atoms with Crippen LogP contribution in [-0.2, 0) is 4.74 Å². The van der Waals surface area contributed by atoms with E-state index in [0.717, 1.165) is 11.1 Å². The molecular weight excluding hydrogens is 184 g/mol. The third-order valence-electron chi connectivity index (χ3n) is 1.91. The van der Waals surface area contributed by atoms with Crippen molar-refractivity contribution in [3.8, 4) is 0 Å². The fourth-order valence-electron chi connectivity index (χ4n) is 1.16. The van der Waals surface area contributed by atoms with Gasteiger partial charge in [-0.05, 0) is 11.1 Å². The summed E-state index contributed by atoms with van der Waals surface area (Å²) < 4.78 is 5.22. The Morgan fingerprint density at radius 2 is 1.93 bits per heavy atom. The molecule has 0 heterocycles. The zero-order valence-electron chi connectivity index (χ0n) is 8.86. The highest BCUT2D eigenvalue weighted by Crippen LogP contribution is 2.12. The summed E-state index contributed by atoms with van der Waals surface area (Å²) in [5.74, 6) is 0. The zero-order chi connectivity index (χ0) is 10.9. The lowest BCUT2D eigenvalue weighted by molar-refractivity contribution is 0.194. The van der Waals surface area contributed by atoms with Crippen LogP contribution in [0.25, 0.3) is 5.57 Å². The van der Waals surface area contributed by atoms with Gasteiger partial charge in [-0.2, -0.15) is 0 Å². The largest absolute Gasteiger partial charge is 0.373 e. The molecule has 0 aliphatic carbocycles. The Morgan fingerprint density at radius 3 is 2.60 bits per heavy atom. The SMILES string of the molecule is C=CCOCC=CC(=C)c1ccccc1. The molecule has 0 radical (unpaired) electrons. The first kappa shape index (κ1) is 11.5. The van der Waals surface area contributed by atoms with Gasteiger partial charge in [0.05, 0.1) is 13.2 Å². The van der Waals surface area contributed by atoms with Gasteiger partial charge in [0.1, 0.15) is 0 Å². The Kier molecular flexibility index (Phi) is 5.20. The minimum absolute atomic E-state index is 0.585. The predicted octanol–water partition coefficient (Wildman–Crippen LogP) is 3.46. The second kappa shape index (κ2) is 6.80. The smallest absolute Gasteiger partial charge is 0.0654 e. The maximum Gasteiger partial charge on any atom is 0.0654 e. The minimum Gasteiger partial charge on any atom is -0.373 e. The van der Waals surface area contributed by atoms with Crippen molar-refractivity contribution >= 4 is 5.57 Å². The van der Waals surface area contributed by atoms with Crippen molar-refractivity contribution in [1.29, 1.82) is 0 Å². The normalized spacial score (nSPS) is 10.4. The zero-order valence-corrected chi connectivity index (χ0v) is 8.86. The number of allylic oxidation sites excluding steroid dienone is 2. The lowest BCUT2D eigenvalue weighted by atomic mass is 10.1. The second-order valence-corrected chi connectivity index (χ2v) is 3.12. The average Bonchev–Trinajstić information content (AvgIpc) is 2.30. The van der Waals surface area contributed by atoms with Crippen LogP contribution in [0.3, 0.4) is 0 Å². The van der Waals surface area contributed by atoms with E-state index in [9.17, 15) is 0 Å². The molecule has 1 aromatic carbocycles. The molecule has 0 saturated heterocycles. The molecule has 15 heavy (non-hydrogen) atoms. The van der Waals surface area contributed by atoms with Crippen LogP contribution in [0.2, 0.25) is 0 Å². The molecule has 0 unspecified atom stereocenters. The Balaban J connectivity index is 2.39. The van der Waals surface area contributed by atoms with Crippen LogP contribution in [0.5, 0.6) is 0 Å². The summed E-state index contributed by atoms with van der Waals surface area (Å²) in [6.07, 6.45) is 5.66. The van der Waals surface area contributed by atoms with Gasteiger partial charge in [-0.25, -0.2) is 0 Å². The summed E-state index contributed by atoms with van der Waals surface area (Å²) in [7, 11) is 0. The molecule has 0 N–H and O–H groups in total. The highest BCUT2D eigenvalue weighted by Gasteiger charge is 1.91. The van der Waals surface area contributed by atoms with E-state index in [2.05, 4.69) is 13.2 Å². The highest BCUT2D eigenvalue weighted by molar-refractivity contribution is 5.71. The van der Waals surface area contributed by atoms with E-state index in [0.29, 0.717) is 13.2 Å². The van der Waals surface area contributed by atoms with Gasteiger partial charge < -0.3 is 4.74 Å². The van der Waals surface area contributed by atoms with Gasteiger partial charge in [0.15, 0.2) is 0 Å². The van der Waals surface area contributed by atoms with Crippen LogP contribution in [-0.4, -0.2) is 13.2 Å². The van der Waals surface area contributed by atoms with E-state index in [1.165, 1.54) is 0 Å². The summed E-state index contributed by atoms with van der Waals surface area (Å²) in [4.78, 5) is 0. The molecule has 0 saturated carbocycles. The van der Waals surface area contributed by atoms with Crippen molar-refractivity contribution in [1.82, 2.24) is 0 Å². The fraction of sp³-hybridized carbons (Fsp3) is 0.143. The van der Waals surface area contributed by atoms with Gasteiger partial charge in [0.25, 0.3) is 0 Å². The van der Waals surface area contributed by atoms with E-state index >= 15 is 0 Å². The lowest BCUT2D eigenvalue weighted by Crippen LogP contribution is -1.89. The molecule has 0 spiro atoms. The maximum absolute atomic E-state index is 5.22. The number of hydrogen-bond acceptors (Lipinski definition) is 1. The van der Waals surface area contributed by atoms with Crippen LogP contribution >= 0.6 is 0 Å². The van der Waals surface area contributed by atoms with E-state index in [4.69, 9.17) is 4.74 Å². The summed E-state index contributed by atoms with van der Waals surface area (Å²) in [6, 6.07) is 10.1. The van der Waals surface area contributed by atoms with Crippen molar-refractivity contribution in [2.75, 3.05) is 13.2 Å². The summed E-state index contributed by atoms with van der Waals surface area (Å²) in [6.45, 7) is 8.74. The molecule has 78 valence electrons. The van der Waals surface area contributed by atoms with Gasteiger partial charge in [-0.3, -0.25) is 0 Å². The number of benzene rings is 1. The maximum atomic E-state index is 5.22. The fourth-order valence-corrected chi connectivity index (χ4v) is 1.16. The van der Waals surface area contributed by atoms with Crippen molar-refractivity contribution < 1.29 is 4.74 Å². The van der Waals surface area contributed by atoms with E-state index in [1.807, 2.05) is 42.5 Å². The molecule has 1 rings (SSSR count). The number of ether oxygens (including phenoxy) is 1. The van der Waals surface area contributed by atoms with E-state index < -0.39 is 0 Å². The Bertz CT molecular complexity index is 336. The molecule has 0 aliphatic rings. The van der Waals surface area contributed by atoms with Crippen LogP contribution in [0.15, 0.2) is 61.7 Å². The predicted molar refractivity (Wildman–Crippen MR) is 65.6 cm³/mol. The van der Waals surface area contributed by atoms with Gasteiger partial charge in [-0.1, -0.05) is 55.1 Å². The van der Waals surface area contributed by atoms with Crippen LogP contribution in [0.1, 0.15) is 5.56 Å². The highest BCUT2D eigenvalue weighted by atomic mass is 16.5. The number of hydrogen-bond donors (Lipinski definition) is 0. The van der Waals surface area contributed by atoms with E-state index in [1.54, 1.807) is 6.08 Å². The summed E-state index contributed by atoms with van der Waals surface area (Å²) in [5.41, 5.74) is 2.13. The summed E-state index contributed by atoms with van der Waals surface area (Å²) >= 11 is 0. The second-order valence-electron chi connectivity index (χ2n) is 3.12. The molecule has 0 atom stereocenters. The molecule has 0 bridgehead atoms. The van der Waals surface area contributed by atoms with Crippen molar-refractivity contribution in [3.05, 3.63) is 67.3 Å². The minimum atomic E-state index is 0.585. The molecule has 0 aliphatic heterocycles. The van der Waals surface area contributed by atoms with Gasteiger partial charge >= 0.3 is 0 Å². The first-order valence-electron chi connectivity index (χ1n) is 4.94. The van der Waals surface area contributed by atoms with Gasteiger partial charge in [-0.15, -0.1) is 6.58 Å². The quantitative estimate of drug-likeness (QED) is 0.388. The Morgan fingerprint density at radius 1 is 1.20 bits per heavy atom. The van der Waals surface area contributed by atoms with E-state index in [-0.39, 0.29) is 0 Å². The monoisotopic (exact) mass is 200 g/mol. The standard InChI is InChI=1S/C14H16O/c1-3-11-15-12-7-8-13(2)14-9-5-4-6-10-14/h3-10H,1-2,11-12H2. The Hall–Kier alpha value is -1.60. The average molecular weight is 200 g/mol. The third kappa shape index (κ3) is 4.43. The Labute approximate surface area is 91.4 Å². The number of rotatable bonds is 6. The van der Waals surface area contributed by atoms with Crippen LogP contribution < -0.4 is 0 Å². The van der Waals surface area contributed by atoms with Crippen molar-refractivity contribution in [2.45, 2.75) is 0 Å². The van der Waals surface area contributed by atoms with Crippen molar-refractivity contribution in [2.24, 2.45) is 0 Å². The molecule has 1 nitrogen and oxygen atoms in total. The first-order valence-corrected chi connectivity index (χ1v) is 4.94. The lowest BCUT2D eigenvalue weighted by Gasteiger charge is -1.99. The molecule has 1 heteroatoms. The molecular formula is C14H16O. The summed E-state index contributed by atoms with van der Waals surface area (Å²) in [5, 5.41) is 0.